The molecule has 2 atom stereocenters. The molecule has 7 heteroatoms. The fraction of sp³-hybridized carbons (Fsp3) is 0.571. The van der Waals surface area contributed by atoms with Gasteiger partial charge in [0, 0.05) is 19.3 Å². The van der Waals surface area contributed by atoms with E-state index in [2.05, 4.69) is 10.3 Å². The molecule has 21 heavy (non-hydrogen) atoms. The predicted molar refractivity (Wildman–Crippen MR) is 69.5 cm³/mol. The summed E-state index contributed by atoms with van der Waals surface area (Å²) in [6, 6.07) is 1.91. The number of rotatable bonds is 4. The van der Waals surface area contributed by atoms with E-state index in [-0.39, 0.29) is 24.1 Å². The number of alkyl halides is 3. The zero-order valence-corrected chi connectivity index (χ0v) is 11.4. The van der Waals surface area contributed by atoms with Crippen LogP contribution in [0.3, 0.4) is 0 Å². The van der Waals surface area contributed by atoms with Gasteiger partial charge in [0.25, 0.3) is 5.91 Å². The molecule has 0 aromatic carbocycles. The molecule has 1 aliphatic carbocycles. The van der Waals surface area contributed by atoms with Crippen molar-refractivity contribution in [3.63, 3.8) is 0 Å². The minimum absolute atomic E-state index is 0.0402. The lowest BCUT2D eigenvalue weighted by molar-refractivity contribution is -0.137. The van der Waals surface area contributed by atoms with Gasteiger partial charge >= 0.3 is 6.18 Å². The Morgan fingerprint density at radius 3 is 2.62 bits per heavy atom. The highest BCUT2D eigenvalue weighted by atomic mass is 19.4. The van der Waals surface area contributed by atoms with Crippen LogP contribution in [0, 0.1) is 11.8 Å². The van der Waals surface area contributed by atoms with Gasteiger partial charge in [0.05, 0.1) is 5.56 Å². The highest BCUT2D eigenvalue weighted by Crippen LogP contribution is 2.31. The molecule has 1 heterocycles. The first-order chi connectivity index (χ1) is 9.91. The topological polar surface area (TPSA) is 62.2 Å². The third kappa shape index (κ3) is 3.93. The number of aliphatic hydroxyl groups excluding tert-OH is 1. The largest absolute Gasteiger partial charge is 0.417 e. The Morgan fingerprint density at radius 2 is 2.05 bits per heavy atom. The number of nitrogens with one attached hydrogen (secondary N) is 1. The van der Waals surface area contributed by atoms with E-state index in [1.165, 1.54) is 0 Å². The van der Waals surface area contributed by atoms with Gasteiger partial charge in [0.2, 0.25) is 0 Å². The Labute approximate surface area is 120 Å². The molecule has 0 saturated heterocycles. The number of aliphatic hydroxyl groups is 1. The van der Waals surface area contributed by atoms with E-state index in [4.69, 9.17) is 0 Å². The summed E-state index contributed by atoms with van der Waals surface area (Å²) >= 11 is 0. The van der Waals surface area contributed by atoms with Crippen LogP contribution in [-0.4, -0.2) is 29.1 Å². The van der Waals surface area contributed by atoms with E-state index in [1.807, 2.05) is 0 Å². The summed E-state index contributed by atoms with van der Waals surface area (Å²) in [7, 11) is 0. The lowest BCUT2D eigenvalue weighted by Crippen LogP contribution is -2.32. The molecule has 1 aliphatic rings. The van der Waals surface area contributed by atoms with E-state index < -0.39 is 17.6 Å². The number of nitrogens with zero attached hydrogens (tertiary/aromatic N) is 1. The average molecular weight is 302 g/mol. The van der Waals surface area contributed by atoms with Gasteiger partial charge in [-0.25, -0.2) is 0 Å². The molecule has 0 radical (unpaired) electrons. The van der Waals surface area contributed by atoms with Gasteiger partial charge in [0.15, 0.2) is 0 Å². The minimum atomic E-state index is -4.46. The molecular formula is C14H17F3N2O2. The molecule has 1 aromatic rings. The van der Waals surface area contributed by atoms with Crippen molar-refractivity contribution in [2.75, 3.05) is 13.2 Å². The fourth-order valence-electron chi connectivity index (χ4n) is 2.63. The normalized spacial score (nSPS) is 22.3. The van der Waals surface area contributed by atoms with Crippen molar-refractivity contribution in [2.24, 2.45) is 11.8 Å². The monoisotopic (exact) mass is 302 g/mol. The maximum Gasteiger partial charge on any atom is 0.417 e. The van der Waals surface area contributed by atoms with E-state index in [1.54, 1.807) is 0 Å². The van der Waals surface area contributed by atoms with Gasteiger partial charge in [-0.05, 0) is 36.8 Å². The van der Waals surface area contributed by atoms with Crippen LogP contribution in [0.15, 0.2) is 18.3 Å². The van der Waals surface area contributed by atoms with E-state index in [9.17, 15) is 23.1 Å². The number of aromatic nitrogens is 1. The van der Waals surface area contributed by atoms with Gasteiger partial charge in [-0.3, -0.25) is 9.78 Å². The van der Waals surface area contributed by atoms with Crippen molar-refractivity contribution in [2.45, 2.75) is 25.4 Å². The number of halogens is 3. The lowest BCUT2D eigenvalue weighted by atomic mass is 9.97. The van der Waals surface area contributed by atoms with Crippen molar-refractivity contribution in [1.82, 2.24) is 10.3 Å². The number of pyridine rings is 1. The standard InChI is InChI=1S/C14H17F3N2O2/c15-14(16,17)11-4-5-12(18-7-11)13(21)19-6-9-2-1-3-10(9)8-20/h4-5,7,9-10,20H,1-3,6,8H2,(H,19,21). The zero-order chi connectivity index (χ0) is 15.5. The zero-order valence-electron chi connectivity index (χ0n) is 11.4. The van der Waals surface area contributed by atoms with Gasteiger partial charge in [-0.15, -0.1) is 0 Å². The first kappa shape index (κ1) is 15.8. The van der Waals surface area contributed by atoms with Gasteiger partial charge in [0.1, 0.15) is 5.69 Å². The van der Waals surface area contributed by atoms with Gasteiger partial charge < -0.3 is 10.4 Å². The maximum atomic E-state index is 12.4. The van der Waals surface area contributed by atoms with Crippen molar-refractivity contribution >= 4 is 5.91 Å². The Hall–Kier alpha value is -1.63. The molecule has 2 unspecified atom stereocenters. The summed E-state index contributed by atoms with van der Waals surface area (Å²) < 4.78 is 37.2. The molecule has 2 N–H and O–H groups in total. The summed E-state index contributed by atoms with van der Waals surface area (Å²) in [5.41, 5.74) is -0.920. The van der Waals surface area contributed by atoms with Crippen LogP contribution >= 0.6 is 0 Å². The minimum Gasteiger partial charge on any atom is -0.396 e. The van der Waals surface area contributed by atoms with Crippen LogP contribution in [0.25, 0.3) is 0 Å². The highest BCUT2D eigenvalue weighted by molar-refractivity contribution is 5.92. The highest BCUT2D eigenvalue weighted by Gasteiger charge is 2.31. The molecule has 2 rings (SSSR count). The molecule has 1 aromatic heterocycles. The number of amides is 1. The quantitative estimate of drug-likeness (QED) is 0.896. The number of hydrogen-bond acceptors (Lipinski definition) is 3. The smallest absolute Gasteiger partial charge is 0.396 e. The molecule has 4 nitrogen and oxygen atoms in total. The van der Waals surface area contributed by atoms with E-state index in [0.717, 1.165) is 31.4 Å². The Kier molecular flexibility index (Phi) is 4.82. The number of carbonyl (C=O) groups is 1. The Morgan fingerprint density at radius 1 is 1.33 bits per heavy atom. The van der Waals surface area contributed by atoms with Crippen LogP contribution in [-0.2, 0) is 6.18 Å². The van der Waals surface area contributed by atoms with Crippen LogP contribution in [0.1, 0.15) is 35.3 Å². The molecule has 1 amide bonds. The second-order valence-electron chi connectivity index (χ2n) is 5.27. The van der Waals surface area contributed by atoms with E-state index >= 15 is 0 Å². The second-order valence-corrected chi connectivity index (χ2v) is 5.27. The number of carbonyl (C=O) groups excluding carboxylic acids is 1. The Balaban J connectivity index is 1.91. The summed E-state index contributed by atoms with van der Waals surface area (Å²) in [5.74, 6) is -0.0911. The molecule has 0 aliphatic heterocycles. The first-order valence-electron chi connectivity index (χ1n) is 6.84. The average Bonchev–Trinajstić information content (AvgIpc) is 2.91. The van der Waals surface area contributed by atoms with E-state index in [0.29, 0.717) is 12.7 Å². The van der Waals surface area contributed by atoms with Crippen molar-refractivity contribution in [1.29, 1.82) is 0 Å². The maximum absolute atomic E-state index is 12.4. The summed E-state index contributed by atoms with van der Waals surface area (Å²) in [6.07, 6.45) is -0.910. The molecule has 1 saturated carbocycles. The molecule has 116 valence electrons. The third-order valence-corrected chi connectivity index (χ3v) is 3.90. The van der Waals surface area contributed by atoms with Crippen molar-refractivity contribution in [3.8, 4) is 0 Å². The molecular weight excluding hydrogens is 285 g/mol. The third-order valence-electron chi connectivity index (χ3n) is 3.90. The second kappa shape index (κ2) is 6.43. The van der Waals surface area contributed by atoms with Crippen molar-refractivity contribution in [3.05, 3.63) is 29.6 Å². The molecule has 1 fully saturated rings. The molecule has 0 spiro atoms. The fourth-order valence-corrected chi connectivity index (χ4v) is 2.63. The number of hydrogen-bond donors (Lipinski definition) is 2. The Bertz CT molecular complexity index is 488. The first-order valence-corrected chi connectivity index (χ1v) is 6.84. The predicted octanol–water partition coefficient (Wildman–Crippen LogP) is 2.24. The summed E-state index contributed by atoms with van der Waals surface area (Å²) in [6.45, 7) is 0.506. The molecule has 0 bridgehead atoms. The van der Waals surface area contributed by atoms with Crippen molar-refractivity contribution < 1.29 is 23.1 Å². The van der Waals surface area contributed by atoms with Crippen LogP contribution in [0.2, 0.25) is 0 Å². The van der Waals surface area contributed by atoms with Crippen LogP contribution in [0.5, 0.6) is 0 Å². The van der Waals surface area contributed by atoms with Crippen LogP contribution < -0.4 is 5.32 Å². The summed E-state index contributed by atoms with van der Waals surface area (Å²) in [4.78, 5) is 15.4. The SMILES string of the molecule is O=C(NCC1CCCC1CO)c1ccc(C(F)(F)F)cn1. The van der Waals surface area contributed by atoms with Gasteiger partial charge in [-0.2, -0.15) is 13.2 Å². The van der Waals surface area contributed by atoms with Gasteiger partial charge in [-0.1, -0.05) is 6.42 Å². The summed E-state index contributed by atoms with van der Waals surface area (Å²) in [5, 5.41) is 11.9. The van der Waals surface area contributed by atoms with Crippen LogP contribution in [0.4, 0.5) is 13.2 Å². The lowest BCUT2D eigenvalue weighted by Gasteiger charge is -2.17.